The number of aryl methyl sites for hydroxylation is 1. The lowest BCUT2D eigenvalue weighted by Crippen LogP contribution is -2.43. The SMILES string of the molecule is CCOC(=O)c1cnc(C)nc1Nc1ccc(CN2CCN(C)CC2)cc1. The normalized spacial score (nSPS) is 15.5. The van der Waals surface area contributed by atoms with E-state index in [1.807, 2.05) is 12.1 Å². The van der Waals surface area contributed by atoms with Crippen molar-refractivity contribution >= 4 is 17.5 Å². The Morgan fingerprint density at radius 2 is 1.89 bits per heavy atom. The summed E-state index contributed by atoms with van der Waals surface area (Å²) in [6.07, 6.45) is 1.50. The van der Waals surface area contributed by atoms with E-state index < -0.39 is 5.97 Å². The highest BCUT2D eigenvalue weighted by atomic mass is 16.5. The second-order valence-corrected chi connectivity index (χ2v) is 6.80. The number of hydrogen-bond acceptors (Lipinski definition) is 7. The van der Waals surface area contributed by atoms with E-state index in [1.54, 1.807) is 13.8 Å². The molecule has 144 valence electrons. The van der Waals surface area contributed by atoms with Gasteiger partial charge in [0.2, 0.25) is 0 Å². The van der Waals surface area contributed by atoms with Crippen LogP contribution in [0.1, 0.15) is 28.7 Å². The fraction of sp³-hybridized carbons (Fsp3) is 0.450. The van der Waals surface area contributed by atoms with Gasteiger partial charge in [-0.1, -0.05) is 12.1 Å². The third-order valence-electron chi connectivity index (χ3n) is 4.62. The van der Waals surface area contributed by atoms with Crippen LogP contribution in [0.4, 0.5) is 11.5 Å². The number of benzene rings is 1. The van der Waals surface area contributed by atoms with Crippen LogP contribution in [0.25, 0.3) is 0 Å². The van der Waals surface area contributed by atoms with Gasteiger partial charge < -0.3 is 15.0 Å². The summed E-state index contributed by atoms with van der Waals surface area (Å²) in [5.41, 5.74) is 2.49. The Morgan fingerprint density at radius 3 is 2.56 bits per heavy atom. The quantitative estimate of drug-likeness (QED) is 0.784. The second-order valence-electron chi connectivity index (χ2n) is 6.80. The first kappa shape index (κ1) is 19.3. The first-order valence-corrected chi connectivity index (χ1v) is 9.32. The van der Waals surface area contributed by atoms with E-state index in [0.29, 0.717) is 23.8 Å². The van der Waals surface area contributed by atoms with Crippen LogP contribution in [0.5, 0.6) is 0 Å². The number of ether oxygens (including phenoxy) is 1. The zero-order valence-corrected chi connectivity index (χ0v) is 16.2. The molecule has 0 amide bonds. The second kappa shape index (κ2) is 8.92. The fourth-order valence-electron chi connectivity index (χ4n) is 3.02. The number of nitrogens with zero attached hydrogens (tertiary/aromatic N) is 4. The Kier molecular flexibility index (Phi) is 6.36. The Balaban J connectivity index is 1.68. The summed E-state index contributed by atoms with van der Waals surface area (Å²) >= 11 is 0. The van der Waals surface area contributed by atoms with Gasteiger partial charge in [0.15, 0.2) is 0 Å². The maximum Gasteiger partial charge on any atom is 0.343 e. The van der Waals surface area contributed by atoms with E-state index in [2.05, 4.69) is 44.3 Å². The van der Waals surface area contributed by atoms with Crippen molar-refractivity contribution < 1.29 is 9.53 Å². The summed E-state index contributed by atoms with van der Waals surface area (Å²) in [7, 11) is 2.16. The molecule has 27 heavy (non-hydrogen) atoms. The number of nitrogens with one attached hydrogen (secondary N) is 1. The summed E-state index contributed by atoms with van der Waals surface area (Å²) in [5, 5.41) is 3.22. The number of carbonyl (C=O) groups excluding carboxylic acids is 1. The molecule has 3 rings (SSSR count). The van der Waals surface area contributed by atoms with Crippen LogP contribution >= 0.6 is 0 Å². The molecule has 1 fully saturated rings. The fourth-order valence-corrected chi connectivity index (χ4v) is 3.02. The summed E-state index contributed by atoms with van der Waals surface area (Å²) in [6, 6.07) is 8.24. The number of esters is 1. The molecule has 2 aromatic rings. The summed E-state index contributed by atoms with van der Waals surface area (Å²) in [4.78, 5) is 25.4. The van der Waals surface area contributed by atoms with Gasteiger partial charge in [0, 0.05) is 44.6 Å². The lowest BCUT2D eigenvalue weighted by molar-refractivity contribution is 0.0526. The standard InChI is InChI=1S/C20H27N5O2/c1-4-27-20(26)18-13-21-15(2)22-19(18)23-17-7-5-16(6-8-17)14-25-11-9-24(3)10-12-25/h5-8,13H,4,9-12,14H2,1-3H3,(H,21,22,23). The Hall–Kier alpha value is -2.51. The molecule has 1 aromatic heterocycles. The van der Waals surface area contributed by atoms with Gasteiger partial charge in [0.25, 0.3) is 0 Å². The first-order chi connectivity index (χ1) is 13.0. The average molecular weight is 369 g/mol. The minimum atomic E-state index is -0.424. The number of rotatable bonds is 6. The van der Waals surface area contributed by atoms with Crippen LogP contribution in [-0.4, -0.2) is 65.6 Å². The van der Waals surface area contributed by atoms with Crippen LogP contribution in [-0.2, 0) is 11.3 Å². The highest BCUT2D eigenvalue weighted by Gasteiger charge is 2.16. The molecule has 0 spiro atoms. The van der Waals surface area contributed by atoms with Gasteiger partial charge in [-0.25, -0.2) is 14.8 Å². The largest absolute Gasteiger partial charge is 0.462 e. The highest BCUT2D eigenvalue weighted by Crippen LogP contribution is 2.20. The molecule has 0 radical (unpaired) electrons. The third kappa shape index (κ3) is 5.24. The van der Waals surface area contributed by atoms with E-state index in [0.717, 1.165) is 38.4 Å². The molecule has 2 heterocycles. The van der Waals surface area contributed by atoms with Crippen molar-refractivity contribution in [2.75, 3.05) is 45.2 Å². The molecule has 1 aliphatic heterocycles. The number of likely N-dealkylation sites (N-methyl/N-ethyl adjacent to an activating group) is 1. The van der Waals surface area contributed by atoms with Crippen molar-refractivity contribution in [1.29, 1.82) is 0 Å². The van der Waals surface area contributed by atoms with Crippen molar-refractivity contribution in [1.82, 2.24) is 19.8 Å². The Labute approximate surface area is 160 Å². The molecule has 7 heteroatoms. The predicted octanol–water partition coefficient (Wildman–Crippen LogP) is 2.45. The van der Waals surface area contributed by atoms with E-state index in [4.69, 9.17) is 4.74 Å². The lowest BCUT2D eigenvalue weighted by Gasteiger charge is -2.32. The summed E-state index contributed by atoms with van der Waals surface area (Å²) < 4.78 is 5.09. The number of piperazine rings is 1. The Morgan fingerprint density at radius 1 is 1.19 bits per heavy atom. The maximum absolute atomic E-state index is 12.1. The van der Waals surface area contributed by atoms with Gasteiger partial charge in [0.1, 0.15) is 17.2 Å². The molecule has 0 saturated carbocycles. The van der Waals surface area contributed by atoms with E-state index in [9.17, 15) is 4.79 Å². The van der Waals surface area contributed by atoms with E-state index in [-0.39, 0.29) is 0 Å². The number of carbonyl (C=O) groups is 1. The monoisotopic (exact) mass is 369 g/mol. The molecule has 1 N–H and O–H groups in total. The van der Waals surface area contributed by atoms with Gasteiger partial charge >= 0.3 is 5.97 Å². The first-order valence-electron chi connectivity index (χ1n) is 9.32. The van der Waals surface area contributed by atoms with E-state index in [1.165, 1.54) is 11.8 Å². The molecule has 0 bridgehead atoms. The van der Waals surface area contributed by atoms with Crippen LogP contribution in [0, 0.1) is 6.92 Å². The topological polar surface area (TPSA) is 70.6 Å². The van der Waals surface area contributed by atoms with Crippen molar-refractivity contribution in [2.45, 2.75) is 20.4 Å². The van der Waals surface area contributed by atoms with Crippen LogP contribution < -0.4 is 5.32 Å². The van der Waals surface area contributed by atoms with Gasteiger partial charge in [0.05, 0.1) is 6.61 Å². The van der Waals surface area contributed by atoms with Crippen molar-refractivity contribution in [3.8, 4) is 0 Å². The zero-order chi connectivity index (χ0) is 19.2. The summed E-state index contributed by atoms with van der Waals surface area (Å²) in [6.45, 7) is 9.26. The smallest absolute Gasteiger partial charge is 0.343 e. The molecule has 1 aliphatic rings. The van der Waals surface area contributed by atoms with E-state index >= 15 is 0 Å². The van der Waals surface area contributed by atoms with Crippen LogP contribution in [0.2, 0.25) is 0 Å². The predicted molar refractivity (Wildman–Crippen MR) is 105 cm³/mol. The molecule has 7 nitrogen and oxygen atoms in total. The van der Waals surface area contributed by atoms with Gasteiger partial charge in [-0.05, 0) is 38.6 Å². The molecular formula is C20H27N5O2. The minimum Gasteiger partial charge on any atom is -0.462 e. The molecule has 0 unspecified atom stereocenters. The number of aromatic nitrogens is 2. The van der Waals surface area contributed by atoms with Crippen LogP contribution in [0.3, 0.4) is 0 Å². The van der Waals surface area contributed by atoms with Crippen LogP contribution in [0.15, 0.2) is 30.5 Å². The third-order valence-corrected chi connectivity index (χ3v) is 4.62. The maximum atomic E-state index is 12.1. The van der Waals surface area contributed by atoms with Crippen molar-refractivity contribution in [2.24, 2.45) is 0 Å². The summed E-state index contributed by atoms with van der Waals surface area (Å²) in [5.74, 6) is 0.636. The van der Waals surface area contributed by atoms with Gasteiger partial charge in [-0.3, -0.25) is 4.90 Å². The van der Waals surface area contributed by atoms with Gasteiger partial charge in [-0.2, -0.15) is 0 Å². The van der Waals surface area contributed by atoms with Crippen molar-refractivity contribution in [3.63, 3.8) is 0 Å². The number of anilines is 2. The molecule has 0 aliphatic carbocycles. The highest BCUT2D eigenvalue weighted by molar-refractivity contribution is 5.95. The van der Waals surface area contributed by atoms with Gasteiger partial charge in [-0.15, -0.1) is 0 Å². The minimum absolute atomic E-state index is 0.313. The molecule has 0 atom stereocenters. The zero-order valence-electron chi connectivity index (χ0n) is 16.2. The van der Waals surface area contributed by atoms with Crippen molar-refractivity contribution in [3.05, 3.63) is 47.4 Å². The molecule has 1 aromatic carbocycles. The molecule has 1 saturated heterocycles. The Bertz CT molecular complexity index is 770. The molecular weight excluding hydrogens is 342 g/mol. The lowest BCUT2D eigenvalue weighted by atomic mass is 10.1. The number of hydrogen-bond donors (Lipinski definition) is 1. The average Bonchev–Trinajstić information content (AvgIpc) is 2.65.